The molecule has 1 atom stereocenters. The molecule has 2 heterocycles. The number of halogens is 1. The molecule has 18 heavy (non-hydrogen) atoms. The summed E-state index contributed by atoms with van der Waals surface area (Å²) in [5.74, 6) is -0.102. The molecule has 1 aliphatic heterocycles. The Morgan fingerprint density at radius 3 is 2.89 bits per heavy atom. The maximum atomic E-state index is 12.4. The van der Waals surface area contributed by atoms with E-state index in [2.05, 4.69) is 4.98 Å². The molecule has 0 aromatic carbocycles. The summed E-state index contributed by atoms with van der Waals surface area (Å²) >= 11 is 5.76. The number of carbonyl (C=O) groups excluding carboxylic acids is 1. The summed E-state index contributed by atoms with van der Waals surface area (Å²) in [6, 6.07) is 3.26. The van der Waals surface area contributed by atoms with E-state index < -0.39 is 5.60 Å². The van der Waals surface area contributed by atoms with Gasteiger partial charge in [0.05, 0.1) is 16.7 Å². The first-order valence-corrected chi connectivity index (χ1v) is 6.63. The van der Waals surface area contributed by atoms with Crippen LogP contribution >= 0.6 is 11.6 Å². The summed E-state index contributed by atoms with van der Waals surface area (Å²) in [7, 11) is 0. The molecule has 4 nitrogen and oxygen atoms in total. The van der Waals surface area contributed by atoms with E-state index in [9.17, 15) is 9.90 Å². The smallest absolute Gasteiger partial charge is 0.272 e. The quantitative estimate of drug-likeness (QED) is 0.889. The van der Waals surface area contributed by atoms with Gasteiger partial charge in [-0.25, -0.2) is 4.98 Å². The lowest BCUT2D eigenvalue weighted by molar-refractivity contribution is 0.0382. The van der Waals surface area contributed by atoms with Crippen molar-refractivity contribution >= 4 is 17.5 Å². The molecule has 1 aromatic heterocycles. The van der Waals surface area contributed by atoms with Gasteiger partial charge in [-0.05, 0) is 37.8 Å². The molecule has 1 unspecified atom stereocenters. The number of likely N-dealkylation sites (tertiary alicyclic amines) is 1. The minimum absolute atomic E-state index is 0.0394. The van der Waals surface area contributed by atoms with Crippen LogP contribution in [0.25, 0.3) is 0 Å². The van der Waals surface area contributed by atoms with Crippen LogP contribution in [0, 0.1) is 0 Å². The average Bonchev–Trinajstić information content (AvgIpc) is 2.94. The first-order valence-electron chi connectivity index (χ1n) is 6.25. The van der Waals surface area contributed by atoms with Crippen LogP contribution in [0.15, 0.2) is 18.3 Å². The fourth-order valence-corrected chi connectivity index (χ4v) is 2.79. The topological polar surface area (TPSA) is 53.4 Å². The number of hydrogen-bond donors (Lipinski definition) is 1. The van der Waals surface area contributed by atoms with Crippen molar-refractivity contribution in [2.24, 2.45) is 0 Å². The second kappa shape index (κ2) is 4.21. The molecule has 5 heteroatoms. The van der Waals surface area contributed by atoms with Gasteiger partial charge in [-0.2, -0.15) is 0 Å². The first-order chi connectivity index (χ1) is 8.60. The van der Waals surface area contributed by atoms with Crippen molar-refractivity contribution in [1.29, 1.82) is 0 Å². The molecule has 1 saturated heterocycles. The van der Waals surface area contributed by atoms with Crippen molar-refractivity contribution in [3.05, 3.63) is 29.0 Å². The van der Waals surface area contributed by atoms with Crippen molar-refractivity contribution in [3.63, 3.8) is 0 Å². The molecule has 3 rings (SSSR count). The Balaban J connectivity index is 1.81. The van der Waals surface area contributed by atoms with Crippen LogP contribution in [0.4, 0.5) is 0 Å². The minimum atomic E-state index is -0.640. The Labute approximate surface area is 111 Å². The molecule has 0 spiro atoms. The number of pyridine rings is 1. The molecule has 1 aliphatic carbocycles. The maximum Gasteiger partial charge on any atom is 0.272 e. The Morgan fingerprint density at radius 1 is 1.50 bits per heavy atom. The lowest BCUT2D eigenvalue weighted by Crippen LogP contribution is -2.44. The first kappa shape index (κ1) is 11.9. The van der Waals surface area contributed by atoms with Gasteiger partial charge in [0.25, 0.3) is 5.91 Å². The van der Waals surface area contributed by atoms with E-state index >= 15 is 0 Å². The Bertz CT molecular complexity index is 470. The number of hydrogen-bond acceptors (Lipinski definition) is 3. The van der Waals surface area contributed by atoms with Crippen LogP contribution in [-0.4, -0.2) is 39.1 Å². The molecular formula is C13H15ClN2O2. The minimum Gasteiger partial charge on any atom is -0.388 e. The van der Waals surface area contributed by atoms with Crippen molar-refractivity contribution < 1.29 is 9.90 Å². The average molecular weight is 267 g/mol. The lowest BCUT2D eigenvalue weighted by Gasteiger charge is -2.28. The number of nitrogens with zero attached hydrogens (tertiary/aromatic N) is 2. The number of amides is 1. The third-order valence-electron chi connectivity index (χ3n) is 3.84. The van der Waals surface area contributed by atoms with E-state index in [1.807, 2.05) is 0 Å². The van der Waals surface area contributed by atoms with Crippen molar-refractivity contribution in [2.45, 2.75) is 37.3 Å². The van der Waals surface area contributed by atoms with Crippen molar-refractivity contribution in [2.75, 3.05) is 6.54 Å². The standard InChI is InChI=1S/C13H15ClN2O2/c14-9-3-4-10(15-8-9)12(17)16-7-1-2-11(16)13(18)5-6-13/h3-4,8,11,18H,1-2,5-7H2. The predicted molar refractivity (Wildman–Crippen MR) is 67.5 cm³/mol. The Hall–Kier alpha value is -1.13. The van der Waals surface area contributed by atoms with Gasteiger partial charge < -0.3 is 10.0 Å². The highest BCUT2D eigenvalue weighted by molar-refractivity contribution is 6.30. The molecule has 0 radical (unpaired) electrons. The van der Waals surface area contributed by atoms with Gasteiger partial charge >= 0.3 is 0 Å². The molecular weight excluding hydrogens is 252 g/mol. The number of aliphatic hydroxyl groups is 1. The van der Waals surface area contributed by atoms with E-state index in [4.69, 9.17) is 11.6 Å². The monoisotopic (exact) mass is 266 g/mol. The lowest BCUT2D eigenvalue weighted by atomic mass is 10.1. The summed E-state index contributed by atoms with van der Waals surface area (Å²) < 4.78 is 0. The van der Waals surface area contributed by atoms with Gasteiger partial charge in [-0.1, -0.05) is 11.6 Å². The zero-order valence-electron chi connectivity index (χ0n) is 9.97. The summed E-state index contributed by atoms with van der Waals surface area (Å²) in [4.78, 5) is 18.2. The molecule has 2 aliphatic rings. The van der Waals surface area contributed by atoms with Crippen LogP contribution in [0.1, 0.15) is 36.2 Å². The second-order valence-electron chi connectivity index (χ2n) is 5.12. The molecule has 2 fully saturated rings. The van der Waals surface area contributed by atoms with E-state index in [1.165, 1.54) is 6.20 Å². The zero-order chi connectivity index (χ0) is 12.8. The maximum absolute atomic E-state index is 12.4. The highest BCUT2D eigenvalue weighted by atomic mass is 35.5. The summed E-state index contributed by atoms with van der Waals surface area (Å²) in [5, 5.41) is 10.7. The third kappa shape index (κ3) is 1.99. The van der Waals surface area contributed by atoms with Crippen molar-refractivity contribution in [1.82, 2.24) is 9.88 Å². The van der Waals surface area contributed by atoms with Crippen LogP contribution in [0.3, 0.4) is 0 Å². The number of rotatable bonds is 2. The van der Waals surface area contributed by atoms with Gasteiger partial charge in [0.15, 0.2) is 0 Å². The highest BCUT2D eigenvalue weighted by Gasteiger charge is 2.52. The van der Waals surface area contributed by atoms with E-state index in [-0.39, 0.29) is 11.9 Å². The SMILES string of the molecule is O=C(c1ccc(Cl)cn1)N1CCCC1C1(O)CC1. The highest BCUT2D eigenvalue weighted by Crippen LogP contribution is 2.44. The molecule has 1 amide bonds. The largest absolute Gasteiger partial charge is 0.388 e. The van der Waals surface area contributed by atoms with Crippen LogP contribution < -0.4 is 0 Å². The fourth-order valence-electron chi connectivity index (χ4n) is 2.68. The zero-order valence-corrected chi connectivity index (χ0v) is 10.7. The summed E-state index contributed by atoms with van der Waals surface area (Å²) in [5.41, 5.74) is -0.242. The summed E-state index contributed by atoms with van der Waals surface area (Å²) in [6.45, 7) is 0.704. The van der Waals surface area contributed by atoms with E-state index in [1.54, 1.807) is 17.0 Å². The van der Waals surface area contributed by atoms with Gasteiger partial charge in [0.2, 0.25) is 0 Å². The van der Waals surface area contributed by atoms with Crippen LogP contribution in [0.2, 0.25) is 5.02 Å². The normalized spacial score (nSPS) is 25.2. The van der Waals surface area contributed by atoms with E-state index in [0.29, 0.717) is 17.3 Å². The number of carbonyl (C=O) groups is 1. The van der Waals surface area contributed by atoms with Crippen LogP contribution in [0.5, 0.6) is 0 Å². The third-order valence-corrected chi connectivity index (χ3v) is 4.07. The molecule has 96 valence electrons. The second-order valence-corrected chi connectivity index (χ2v) is 5.56. The molecule has 1 N–H and O–H groups in total. The van der Waals surface area contributed by atoms with Gasteiger partial charge in [0, 0.05) is 12.7 Å². The van der Waals surface area contributed by atoms with Crippen LogP contribution in [-0.2, 0) is 0 Å². The van der Waals surface area contributed by atoms with Gasteiger partial charge in [-0.3, -0.25) is 4.79 Å². The molecule has 1 saturated carbocycles. The molecule has 0 bridgehead atoms. The van der Waals surface area contributed by atoms with E-state index in [0.717, 1.165) is 25.7 Å². The Kier molecular flexibility index (Phi) is 2.79. The van der Waals surface area contributed by atoms with Gasteiger partial charge in [0.1, 0.15) is 5.69 Å². The molecule has 1 aromatic rings. The summed E-state index contributed by atoms with van der Waals surface area (Å²) in [6.07, 6.45) is 4.92. The number of aromatic nitrogens is 1. The predicted octanol–water partition coefficient (Wildman–Crippen LogP) is 1.86. The van der Waals surface area contributed by atoms with Crippen molar-refractivity contribution in [3.8, 4) is 0 Å². The fraction of sp³-hybridized carbons (Fsp3) is 0.538. The Morgan fingerprint density at radius 2 is 2.28 bits per heavy atom. The van der Waals surface area contributed by atoms with Gasteiger partial charge in [-0.15, -0.1) is 0 Å².